The summed E-state index contributed by atoms with van der Waals surface area (Å²) in [4.78, 5) is 36.3. The molecule has 1 atom stereocenters. The van der Waals surface area contributed by atoms with Crippen molar-refractivity contribution in [1.82, 2.24) is 19.9 Å². The summed E-state index contributed by atoms with van der Waals surface area (Å²) < 4.78 is 1.86. The van der Waals surface area contributed by atoms with Crippen molar-refractivity contribution in [3.8, 4) is 0 Å². The molecule has 1 amide bonds. The van der Waals surface area contributed by atoms with Crippen molar-refractivity contribution in [2.24, 2.45) is 0 Å². The zero-order chi connectivity index (χ0) is 20.5. The van der Waals surface area contributed by atoms with E-state index in [-0.39, 0.29) is 24.1 Å². The number of hydrogen-bond donors (Lipinski definition) is 1. The van der Waals surface area contributed by atoms with Gasteiger partial charge in [-0.25, -0.2) is 4.98 Å². The van der Waals surface area contributed by atoms with Crippen molar-refractivity contribution in [2.45, 2.75) is 46.2 Å². The molecule has 8 heteroatoms. The van der Waals surface area contributed by atoms with Crippen molar-refractivity contribution >= 4 is 32.7 Å². The second-order valence-corrected chi connectivity index (χ2v) is 8.63. The predicted octanol–water partition coefficient (Wildman–Crippen LogP) is 2.95. The number of anilines is 1. The summed E-state index contributed by atoms with van der Waals surface area (Å²) in [7, 11) is 0. The number of amides is 1. The highest BCUT2D eigenvalue weighted by Gasteiger charge is 2.19. The molecule has 1 fully saturated rings. The molecule has 0 bridgehead atoms. The number of rotatable bonds is 5. The zero-order valence-electron chi connectivity index (χ0n) is 16.9. The molecule has 152 valence electrons. The fourth-order valence-electron chi connectivity index (χ4n) is 3.55. The van der Waals surface area contributed by atoms with E-state index in [4.69, 9.17) is 0 Å². The first kappa shape index (κ1) is 19.6. The third-order valence-corrected chi connectivity index (χ3v) is 6.56. The highest BCUT2D eigenvalue weighted by molar-refractivity contribution is 7.22. The third-order valence-electron chi connectivity index (χ3n) is 5.47. The summed E-state index contributed by atoms with van der Waals surface area (Å²) in [6, 6.07) is 6.01. The second-order valence-electron chi connectivity index (χ2n) is 7.65. The summed E-state index contributed by atoms with van der Waals surface area (Å²) in [6.45, 7) is 7.93. The first-order valence-electron chi connectivity index (χ1n) is 9.90. The van der Waals surface area contributed by atoms with Gasteiger partial charge >= 0.3 is 0 Å². The molecule has 3 aromatic rings. The molecule has 3 heterocycles. The van der Waals surface area contributed by atoms with Crippen LogP contribution < -0.4 is 15.8 Å². The molecule has 1 aliphatic rings. The number of nitrogens with zero attached hydrogens (tertiary/aromatic N) is 4. The number of carbonyl (C=O) groups is 1. The van der Waals surface area contributed by atoms with E-state index in [2.05, 4.69) is 46.2 Å². The summed E-state index contributed by atoms with van der Waals surface area (Å²) in [5, 5.41) is 3.81. The Bertz CT molecular complexity index is 1110. The van der Waals surface area contributed by atoms with Gasteiger partial charge < -0.3 is 10.2 Å². The first-order valence-corrected chi connectivity index (χ1v) is 10.7. The Kier molecular flexibility index (Phi) is 5.36. The molecule has 7 nitrogen and oxygen atoms in total. The maximum absolute atomic E-state index is 12.8. The quantitative estimate of drug-likeness (QED) is 0.698. The van der Waals surface area contributed by atoms with Crippen molar-refractivity contribution in [2.75, 3.05) is 18.0 Å². The zero-order valence-corrected chi connectivity index (χ0v) is 17.8. The second kappa shape index (κ2) is 7.94. The molecule has 4 rings (SSSR count). The minimum absolute atomic E-state index is 0.0616. The lowest BCUT2D eigenvalue weighted by molar-refractivity contribution is -0.122. The maximum atomic E-state index is 12.8. The Morgan fingerprint density at radius 3 is 2.72 bits per heavy atom. The van der Waals surface area contributed by atoms with Crippen LogP contribution in [0.25, 0.3) is 10.3 Å². The number of benzene rings is 1. The van der Waals surface area contributed by atoms with Crippen molar-refractivity contribution < 1.29 is 4.79 Å². The molecule has 1 saturated heterocycles. The van der Waals surface area contributed by atoms with Crippen LogP contribution in [0.2, 0.25) is 0 Å². The topological polar surface area (TPSA) is 80.1 Å². The minimum Gasteiger partial charge on any atom is -0.348 e. The Labute approximate surface area is 173 Å². The van der Waals surface area contributed by atoms with E-state index in [0.717, 1.165) is 36.6 Å². The number of hydrogen-bond acceptors (Lipinski definition) is 6. The van der Waals surface area contributed by atoms with Crippen molar-refractivity contribution in [3.05, 3.63) is 51.6 Å². The van der Waals surface area contributed by atoms with Gasteiger partial charge in [-0.3, -0.25) is 14.2 Å². The molecule has 1 aliphatic heterocycles. The van der Waals surface area contributed by atoms with E-state index in [0.29, 0.717) is 10.3 Å². The highest BCUT2D eigenvalue weighted by atomic mass is 32.1. The van der Waals surface area contributed by atoms with Crippen LogP contribution in [-0.2, 0) is 11.3 Å². The van der Waals surface area contributed by atoms with Crippen LogP contribution in [-0.4, -0.2) is 33.5 Å². The van der Waals surface area contributed by atoms with Gasteiger partial charge in [0.25, 0.3) is 5.56 Å². The third kappa shape index (κ3) is 4.03. The van der Waals surface area contributed by atoms with Gasteiger partial charge in [0.2, 0.25) is 5.91 Å². The van der Waals surface area contributed by atoms with Gasteiger partial charge in [-0.1, -0.05) is 29.5 Å². The number of aryl methyl sites for hydroxylation is 2. The number of aromatic nitrogens is 3. The maximum Gasteiger partial charge on any atom is 0.273 e. The molecule has 29 heavy (non-hydrogen) atoms. The molecular formula is C21H25N5O2S. The van der Waals surface area contributed by atoms with Gasteiger partial charge in [-0.05, 0) is 50.3 Å². The average molecular weight is 412 g/mol. The molecule has 0 aliphatic carbocycles. The van der Waals surface area contributed by atoms with Gasteiger partial charge in [-0.15, -0.1) is 0 Å². The van der Waals surface area contributed by atoms with E-state index in [1.54, 1.807) is 0 Å². The fraction of sp³-hybridized carbons (Fsp3) is 0.429. The molecule has 0 unspecified atom stereocenters. The number of carbonyl (C=O) groups excluding carboxylic acids is 1. The van der Waals surface area contributed by atoms with Gasteiger partial charge in [0.15, 0.2) is 10.8 Å². The fourth-order valence-corrected chi connectivity index (χ4v) is 4.57. The van der Waals surface area contributed by atoms with E-state index in [1.165, 1.54) is 33.4 Å². The van der Waals surface area contributed by atoms with Crippen molar-refractivity contribution in [1.29, 1.82) is 0 Å². The van der Waals surface area contributed by atoms with Crippen LogP contribution in [0.4, 0.5) is 5.13 Å². The lowest BCUT2D eigenvalue weighted by Crippen LogP contribution is -2.33. The van der Waals surface area contributed by atoms with E-state index in [1.807, 2.05) is 13.0 Å². The Morgan fingerprint density at radius 1 is 1.24 bits per heavy atom. The number of thiazole rings is 1. The van der Waals surface area contributed by atoms with Gasteiger partial charge in [-0.2, -0.15) is 4.98 Å². The number of nitrogens with one attached hydrogen (secondary N) is 1. The Balaban J connectivity index is 1.49. The summed E-state index contributed by atoms with van der Waals surface area (Å²) in [6.07, 6.45) is 3.71. The predicted molar refractivity (Wildman–Crippen MR) is 116 cm³/mol. The molecule has 0 radical (unpaired) electrons. The monoisotopic (exact) mass is 411 g/mol. The molecule has 1 aromatic carbocycles. The molecule has 1 N–H and O–H groups in total. The van der Waals surface area contributed by atoms with Crippen LogP contribution in [0, 0.1) is 13.8 Å². The Hall–Kier alpha value is -2.74. The van der Waals surface area contributed by atoms with Crippen LogP contribution in [0.15, 0.2) is 29.3 Å². The van der Waals surface area contributed by atoms with Crippen LogP contribution >= 0.6 is 11.3 Å². The van der Waals surface area contributed by atoms with Crippen LogP contribution in [0.3, 0.4) is 0 Å². The van der Waals surface area contributed by atoms with Crippen LogP contribution in [0.5, 0.6) is 0 Å². The molecule has 2 aromatic heterocycles. The lowest BCUT2D eigenvalue weighted by Gasteiger charge is -2.16. The van der Waals surface area contributed by atoms with E-state index < -0.39 is 0 Å². The molecule has 0 saturated carbocycles. The number of fused-ring (bicyclic) bond motifs is 1. The van der Waals surface area contributed by atoms with E-state index >= 15 is 0 Å². The average Bonchev–Trinajstić information content (AvgIpc) is 3.36. The largest absolute Gasteiger partial charge is 0.348 e. The normalized spacial score (nSPS) is 15.1. The van der Waals surface area contributed by atoms with Crippen LogP contribution in [0.1, 0.15) is 42.5 Å². The van der Waals surface area contributed by atoms with Crippen molar-refractivity contribution in [3.63, 3.8) is 0 Å². The van der Waals surface area contributed by atoms with Gasteiger partial charge in [0.05, 0.1) is 6.04 Å². The summed E-state index contributed by atoms with van der Waals surface area (Å²) >= 11 is 1.36. The summed E-state index contributed by atoms with van der Waals surface area (Å²) in [5.74, 6) is -0.219. The van der Waals surface area contributed by atoms with Gasteiger partial charge in [0.1, 0.15) is 17.6 Å². The van der Waals surface area contributed by atoms with Gasteiger partial charge in [0, 0.05) is 13.1 Å². The smallest absolute Gasteiger partial charge is 0.273 e. The lowest BCUT2D eigenvalue weighted by atomic mass is 10.0. The summed E-state index contributed by atoms with van der Waals surface area (Å²) in [5.41, 5.74) is 3.69. The highest BCUT2D eigenvalue weighted by Crippen LogP contribution is 2.27. The van der Waals surface area contributed by atoms with E-state index in [9.17, 15) is 9.59 Å². The first-order chi connectivity index (χ1) is 13.9. The standard InChI is InChI=1S/C21H25N5O2S/c1-13-6-7-16(10-14(13)2)15(3)23-17(27)11-26-12-22-19-18(20(26)28)29-21(24-19)25-8-4-5-9-25/h6-7,10,12,15H,4-5,8-9,11H2,1-3H3,(H,23,27)/t15-/m1/s1. The molecular weight excluding hydrogens is 386 g/mol. The Morgan fingerprint density at radius 2 is 2.00 bits per heavy atom. The minimum atomic E-state index is -0.219. The SMILES string of the molecule is Cc1ccc([C@@H](C)NC(=O)Cn2cnc3nc(N4CCCC4)sc3c2=O)cc1C. The molecule has 0 spiro atoms.